The van der Waals surface area contributed by atoms with Gasteiger partial charge in [-0.05, 0) is 68.5 Å². The summed E-state index contributed by atoms with van der Waals surface area (Å²) in [7, 11) is 0. The van der Waals surface area contributed by atoms with Crippen LogP contribution in [0.15, 0.2) is 42.5 Å². The van der Waals surface area contributed by atoms with E-state index in [2.05, 4.69) is 27.3 Å². The third-order valence-electron chi connectivity index (χ3n) is 6.42. The highest BCUT2D eigenvalue weighted by molar-refractivity contribution is 7.20. The minimum Gasteiger partial charge on any atom is -0.431 e. The molecule has 1 unspecified atom stereocenters. The van der Waals surface area contributed by atoms with Gasteiger partial charge >= 0.3 is 0 Å². The Labute approximate surface area is 191 Å². The topological polar surface area (TPSA) is 54.5 Å². The number of amides is 1. The molecule has 1 N–H and O–H groups in total. The predicted molar refractivity (Wildman–Crippen MR) is 125 cm³/mol. The third kappa shape index (κ3) is 4.43. The fourth-order valence-electron chi connectivity index (χ4n) is 5.04. The molecule has 31 heavy (non-hydrogen) atoms. The van der Waals surface area contributed by atoms with Crippen molar-refractivity contribution in [3.8, 4) is 10.9 Å². The minimum atomic E-state index is 0.238. The van der Waals surface area contributed by atoms with E-state index in [1.54, 1.807) is 6.92 Å². The number of hydrogen-bond donors (Lipinski definition) is 1. The van der Waals surface area contributed by atoms with Crippen molar-refractivity contribution in [2.24, 2.45) is 0 Å². The molecule has 2 aromatic carbocycles. The van der Waals surface area contributed by atoms with Crippen LogP contribution in [0.4, 0.5) is 0 Å². The van der Waals surface area contributed by atoms with Crippen molar-refractivity contribution in [1.82, 2.24) is 15.2 Å². The van der Waals surface area contributed by atoms with E-state index in [1.807, 2.05) is 30.3 Å². The van der Waals surface area contributed by atoms with Gasteiger partial charge in [-0.25, -0.2) is 4.98 Å². The van der Waals surface area contributed by atoms with Gasteiger partial charge in [0.1, 0.15) is 11.3 Å². The van der Waals surface area contributed by atoms with E-state index >= 15 is 0 Å². The summed E-state index contributed by atoms with van der Waals surface area (Å²) in [6.45, 7) is 2.65. The highest BCUT2D eigenvalue weighted by Crippen LogP contribution is 2.36. The Morgan fingerprint density at radius 2 is 1.94 bits per heavy atom. The number of aromatic nitrogens is 1. The molecule has 2 aliphatic rings. The largest absolute Gasteiger partial charge is 0.431 e. The van der Waals surface area contributed by atoms with Crippen molar-refractivity contribution >= 4 is 39.1 Å². The van der Waals surface area contributed by atoms with Gasteiger partial charge in [0, 0.05) is 25.0 Å². The first-order valence-electron chi connectivity index (χ1n) is 10.9. The molecule has 2 aliphatic heterocycles. The maximum Gasteiger partial charge on any atom is 0.279 e. The number of hydrogen-bond acceptors (Lipinski definition) is 5. The zero-order valence-corrected chi connectivity index (χ0v) is 19.1. The van der Waals surface area contributed by atoms with Crippen molar-refractivity contribution in [1.29, 1.82) is 0 Å². The van der Waals surface area contributed by atoms with Crippen LogP contribution >= 0.6 is 22.9 Å². The first-order chi connectivity index (χ1) is 15.1. The van der Waals surface area contributed by atoms with Crippen molar-refractivity contribution < 1.29 is 9.53 Å². The Morgan fingerprint density at radius 1 is 1.19 bits per heavy atom. The molecule has 0 spiro atoms. The molecule has 0 radical (unpaired) electrons. The quantitative estimate of drug-likeness (QED) is 0.539. The van der Waals surface area contributed by atoms with Crippen LogP contribution in [0.1, 0.15) is 38.2 Å². The van der Waals surface area contributed by atoms with Crippen LogP contribution in [0, 0.1) is 0 Å². The number of para-hydroxylation sites is 1. The molecule has 5 rings (SSSR count). The van der Waals surface area contributed by atoms with Crippen LogP contribution in [-0.4, -0.2) is 40.5 Å². The zero-order chi connectivity index (χ0) is 21.4. The smallest absolute Gasteiger partial charge is 0.279 e. The van der Waals surface area contributed by atoms with Gasteiger partial charge in [0.25, 0.3) is 5.19 Å². The van der Waals surface area contributed by atoms with E-state index in [1.165, 1.54) is 16.9 Å². The van der Waals surface area contributed by atoms with Gasteiger partial charge in [-0.15, -0.1) is 0 Å². The van der Waals surface area contributed by atoms with E-state index in [-0.39, 0.29) is 5.91 Å². The molecule has 5 nitrogen and oxygen atoms in total. The van der Waals surface area contributed by atoms with Crippen molar-refractivity contribution in [2.75, 3.05) is 6.54 Å². The lowest BCUT2D eigenvalue weighted by molar-refractivity contribution is -0.133. The summed E-state index contributed by atoms with van der Waals surface area (Å²) in [4.78, 5) is 18.5. The Kier molecular flexibility index (Phi) is 5.87. The third-order valence-corrected chi connectivity index (χ3v) is 7.63. The maximum atomic E-state index is 11.9. The first-order valence-corrected chi connectivity index (χ1v) is 12.1. The number of piperidine rings is 1. The second-order valence-electron chi connectivity index (χ2n) is 8.50. The normalized spacial score (nSPS) is 22.8. The second kappa shape index (κ2) is 8.77. The van der Waals surface area contributed by atoms with Gasteiger partial charge in [-0.2, -0.15) is 0 Å². The van der Waals surface area contributed by atoms with Crippen LogP contribution in [0.2, 0.25) is 5.02 Å². The summed E-state index contributed by atoms with van der Waals surface area (Å²) >= 11 is 7.70. The summed E-state index contributed by atoms with van der Waals surface area (Å²) in [6.07, 6.45) is 5.44. The average Bonchev–Trinajstić information content (AvgIpc) is 3.28. The molecule has 0 aliphatic carbocycles. The molecule has 3 aromatic rings. The fraction of sp³-hybridized carbons (Fsp3) is 0.417. The molecule has 3 heterocycles. The van der Waals surface area contributed by atoms with E-state index in [0.29, 0.717) is 28.3 Å². The Hall–Kier alpha value is -2.15. The molecule has 1 aromatic heterocycles. The number of nitrogens with zero attached hydrogens (tertiary/aromatic N) is 2. The Balaban J connectivity index is 1.12. The van der Waals surface area contributed by atoms with Gasteiger partial charge in [-0.1, -0.05) is 41.1 Å². The van der Waals surface area contributed by atoms with Gasteiger partial charge in [0.15, 0.2) is 0 Å². The van der Waals surface area contributed by atoms with E-state index < -0.39 is 0 Å². The highest BCUT2D eigenvalue weighted by Gasteiger charge is 2.41. The number of benzene rings is 2. The maximum absolute atomic E-state index is 11.9. The summed E-state index contributed by atoms with van der Waals surface area (Å²) in [6, 6.07) is 15.4. The van der Waals surface area contributed by atoms with E-state index in [4.69, 9.17) is 16.3 Å². The van der Waals surface area contributed by atoms with Crippen LogP contribution in [-0.2, 0) is 11.2 Å². The average molecular weight is 456 g/mol. The summed E-state index contributed by atoms with van der Waals surface area (Å²) < 4.78 is 6.95. The lowest BCUT2D eigenvalue weighted by atomic mass is 9.97. The number of ether oxygens (including phenoxy) is 1. The number of carbonyl (C=O) groups is 1. The molecule has 2 bridgehead atoms. The molecule has 1 amide bonds. The van der Waals surface area contributed by atoms with Crippen LogP contribution < -0.4 is 10.1 Å². The molecule has 2 saturated heterocycles. The summed E-state index contributed by atoms with van der Waals surface area (Å²) in [5, 5.41) is 4.96. The van der Waals surface area contributed by atoms with Gasteiger partial charge in [0.2, 0.25) is 5.91 Å². The van der Waals surface area contributed by atoms with Gasteiger partial charge in [0.05, 0.1) is 9.72 Å². The number of thiazole rings is 1. The number of carbonyl (C=O) groups excluding carboxylic acids is 1. The molecular formula is C24H26ClN3O2S. The van der Waals surface area contributed by atoms with E-state index in [0.717, 1.165) is 54.6 Å². The van der Waals surface area contributed by atoms with Crippen molar-refractivity contribution in [3.05, 3.63) is 53.1 Å². The fourth-order valence-corrected chi connectivity index (χ4v) is 6.18. The van der Waals surface area contributed by atoms with Gasteiger partial charge < -0.3 is 15.0 Å². The van der Waals surface area contributed by atoms with E-state index in [9.17, 15) is 4.79 Å². The lowest BCUT2D eigenvalue weighted by Gasteiger charge is -2.38. The SMILES string of the molecule is CC(=O)N1[C@@H]2CC[C@H]1CC(NCCc1ccc(Oc3nc4c(Cl)cccc4s3)cc1)C2. The standard InChI is InChI=1S/C24H26ClN3O2S/c1-15(29)28-18-7-8-19(28)14-17(13-18)26-12-11-16-5-9-20(10-6-16)30-24-27-23-21(25)3-2-4-22(23)31-24/h2-6,9-10,17-19,26H,7-8,11-14H2,1H3/t17?,18-,19+. The van der Waals surface area contributed by atoms with Crippen LogP contribution in [0.3, 0.4) is 0 Å². The van der Waals surface area contributed by atoms with Crippen molar-refractivity contribution in [3.63, 3.8) is 0 Å². The molecule has 7 heteroatoms. The predicted octanol–water partition coefficient (Wildman–Crippen LogP) is 5.42. The molecule has 3 atom stereocenters. The van der Waals surface area contributed by atoms with Crippen LogP contribution in [0.5, 0.6) is 10.9 Å². The Morgan fingerprint density at radius 3 is 2.61 bits per heavy atom. The second-order valence-corrected chi connectivity index (χ2v) is 9.90. The molecule has 0 saturated carbocycles. The number of nitrogens with one attached hydrogen (secondary N) is 1. The monoisotopic (exact) mass is 455 g/mol. The lowest BCUT2D eigenvalue weighted by Crippen LogP contribution is -2.51. The number of rotatable bonds is 6. The summed E-state index contributed by atoms with van der Waals surface area (Å²) in [5.74, 6) is 1.02. The summed E-state index contributed by atoms with van der Waals surface area (Å²) in [5.41, 5.74) is 2.06. The molecule has 2 fully saturated rings. The number of fused-ring (bicyclic) bond motifs is 3. The molecular weight excluding hydrogens is 430 g/mol. The first kappa shape index (κ1) is 20.7. The molecule has 162 valence electrons. The Bertz CT molecular complexity index is 1070. The highest BCUT2D eigenvalue weighted by atomic mass is 35.5. The number of halogens is 1. The van der Waals surface area contributed by atoms with Crippen molar-refractivity contribution in [2.45, 2.75) is 57.2 Å². The van der Waals surface area contributed by atoms with Crippen LogP contribution in [0.25, 0.3) is 10.2 Å². The van der Waals surface area contributed by atoms with Gasteiger partial charge in [-0.3, -0.25) is 4.79 Å². The zero-order valence-electron chi connectivity index (χ0n) is 17.5. The minimum absolute atomic E-state index is 0.238.